The summed E-state index contributed by atoms with van der Waals surface area (Å²) < 4.78 is 4.79. The van der Waals surface area contributed by atoms with E-state index in [1.807, 2.05) is 0 Å². The van der Waals surface area contributed by atoms with E-state index >= 15 is 0 Å². The first kappa shape index (κ1) is 13.9. The van der Waals surface area contributed by atoms with Crippen LogP contribution in [0.15, 0.2) is 24.3 Å². The molecule has 0 amide bonds. The average Bonchev–Trinajstić information content (AvgIpc) is 2.81. The summed E-state index contributed by atoms with van der Waals surface area (Å²) in [5.74, 6) is -1.04. The summed E-state index contributed by atoms with van der Waals surface area (Å²) in [5.41, 5.74) is 0.534. The van der Waals surface area contributed by atoms with Crippen molar-refractivity contribution in [3.63, 3.8) is 0 Å². The lowest BCUT2D eigenvalue weighted by Crippen LogP contribution is -2.02. The predicted octanol–water partition coefficient (Wildman–Crippen LogP) is 2.60. The summed E-state index contributed by atoms with van der Waals surface area (Å²) in [6.45, 7) is 1.86. The van der Waals surface area contributed by atoms with Gasteiger partial charge in [-0.3, -0.25) is 10.1 Å². The molecule has 0 saturated heterocycles. The van der Waals surface area contributed by atoms with E-state index in [0.29, 0.717) is 10.6 Å². The van der Waals surface area contributed by atoms with Gasteiger partial charge in [-0.25, -0.2) is 9.78 Å². The molecule has 7 nitrogen and oxygen atoms in total. The minimum Gasteiger partial charge on any atom is -0.492 e. The number of nitro benzene ring substituents is 1. The first-order valence-electron chi connectivity index (χ1n) is 5.64. The number of hydrogen-bond acceptors (Lipinski definition) is 7. The van der Waals surface area contributed by atoms with Gasteiger partial charge in [0.1, 0.15) is 5.01 Å². The Bertz CT molecular complexity index is 650. The van der Waals surface area contributed by atoms with Crippen molar-refractivity contribution in [3.8, 4) is 16.5 Å². The number of non-ortho nitro benzene ring substituents is 1. The molecule has 0 atom stereocenters. The second-order valence-electron chi connectivity index (χ2n) is 3.70. The lowest BCUT2D eigenvalue weighted by molar-refractivity contribution is -0.384. The lowest BCUT2D eigenvalue weighted by Gasteiger charge is -1.97. The van der Waals surface area contributed by atoms with Crippen LogP contribution in [0.3, 0.4) is 0 Å². The van der Waals surface area contributed by atoms with Gasteiger partial charge in [-0.1, -0.05) is 0 Å². The molecule has 8 heteroatoms. The zero-order valence-corrected chi connectivity index (χ0v) is 11.2. The summed E-state index contributed by atoms with van der Waals surface area (Å²) in [6.07, 6.45) is 0. The molecule has 0 unspecified atom stereocenters. The van der Waals surface area contributed by atoms with E-state index in [1.54, 1.807) is 6.92 Å². The van der Waals surface area contributed by atoms with E-state index in [4.69, 9.17) is 4.74 Å². The van der Waals surface area contributed by atoms with Gasteiger partial charge in [0, 0.05) is 17.7 Å². The molecule has 0 bridgehead atoms. The van der Waals surface area contributed by atoms with Crippen molar-refractivity contribution in [2.24, 2.45) is 0 Å². The van der Waals surface area contributed by atoms with Gasteiger partial charge >= 0.3 is 5.97 Å². The number of rotatable bonds is 4. The van der Waals surface area contributed by atoms with Crippen LogP contribution in [0.25, 0.3) is 10.6 Å². The molecular weight excluding hydrogens is 284 g/mol. The average molecular weight is 294 g/mol. The molecule has 0 aliphatic carbocycles. The quantitative estimate of drug-likeness (QED) is 0.528. The maximum atomic E-state index is 11.6. The smallest absolute Gasteiger partial charge is 0.353 e. The second-order valence-corrected chi connectivity index (χ2v) is 4.70. The van der Waals surface area contributed by atoms with E-state index in [9.17, 15) is 20.0 Å². The van der Waals surface area contributed by atoms with Crippen LogP contribution in [-0.4, -0.2) is 27.6 Å². The monoisotopic (exact) mass is 294 g/mol. The van der Waals surface area contributed by atoms with Gasteiger partial charge in [0.05, 0.1) is 11.5 Å². The van der Waals surface area contributed by atoms with E-state index in [-0.39, 0.29) is 17.2 Å². The number of thiazole rings is 1. The standard InChI is InChI=1S/C12H10N2O5S/c1-2-19-12(16)9-10(15)13-11(20-9)7-3-5-8(6-4-7)14(17)18/h3-6,15H,2H2,1H3. The molecule has 0 radical (unpaired) electrons. The number of nitrogens with zero attached hydrogens (tertiary/aromatic N) is 2. The van der Waals surface area contributed by atoms with Crippen LogP contribution in [0.2, 0.25) is 0 Å². The first-order chi connectivity index (χ1) is 9.52. The molecule has 0 fully saturated rings. The highest BCUT2D eigenvalue weighted by Gasteiger charge is 2.19. The highest BCUT2D eigenvalue weighted by molar-refractivity contribution is 7.17. The number of nitro groups is 1. The van der Waals surface area contributed by atoms with E-state index in [1.165, 1.54) is 24.3 Å². The Morgan fingerprint density at radius 3 is 2.65 bits per heavy atom. The number of ether oxygens (including phenoxy) is 1. The minimum absolute atomic E-state index is 0.0141. The highest BCUT2D eigenvalue weighted by atomic mass is 32.1. The molecule has 0 spiro atoms. The molecule has 0 aliphatic rings. The fraction of sp³-hybridized carbons (Fsp3) is 0.167. The maximum Gasteiger partial charge on any atom is 0.353 e. The van der Waals surface area contributed by atoms with Gasteiger partial charge in [0.2, 0.25) is 5.88 Å². The Morgan fingerprint density at radius 2 is 2.10 bits per heavy atom. The molecule has 0 aliphatic heterocycles. The zero-order chi connectivity index (χ0) is 14.7. The van der Waals surface area contributed by atoms with Crippen LogP contribution in [0.4, 0.5) is 5.69 Å². The number of carbonyl (C=O) groups is 1. The number of benzene rings is 1. The number of esters is 1. The Labute approximate surface area is 117 Å². The SMILES string of the molecule is CCOC(=O)c1sc(-c2ccc([N+](=O)[O-])cc2)nc1O. The normalized spacial score (nSPS) is 10.2. The summed E-state index contributed by atoms with van der Waals surface area (Å²) in [5, 5.41) is 20.6. The van der Waals surface area contributed by atoms with E-state index in [0.717, 1.165) is 11.3 Å². The number of aromatic nitrogens is 1. The molecule has 20 heavy (non-hydrogen) atoms. The van der Waals surface area contributed by atoms with Gasteiger partial charge in [-0.15, -0.1) is 11.3 Å². The van der Waals surface area contributed by atoms with Crippen molar-refractivity contribution < 1.29 is 19.6 Å². The fourth-order valence-corrected chi connectivity index (χ4v) is 2.35. The first-order valence-corrected chi connectivity index (χ1v) is 6.46. The molecule has 1 N–H and O–H groups in total. The van der Waals surface area contributed by atoms with Gasteiger partial charge in [-0.05, 0) is 19.1 Å². The summed E-state index contributed by atoms with van der Waals surface area (Å²) in [7, 11) is 0. The van der Waals surface area contributed by atoms with Crippen LogP contribution < -0.4 is 0 Å². The van der Waals surface area contributed by atoms with Gasteiger partial charge in [0.15, 0.2) is 4.88 Å². The van der Waals surface area contributed by atoms with Crippen LogP contribution in [-0.2, 0) is 4.74 Å². The Morgan fingerprint density at radius 1 is 1.45 bits per heavy atom. The van der Waals surface area contributed by atoms with Crippen LogP contribution in [0.5, 0.6) is 5.88 Å². The van der Waals surface area contributed by atoms with Crippen molar-refractivity contribution in [2.75, 3.05) is 6.61 Å². The summed E-state index contributed by atoms with van der Waals surface area (Å²) in [6, 6.07) is 5.67. The third-order valence-electron chi connectivity index (χ3n) is 2.40. The molecule has 2 rings (SSSR count). The molecule has 1 heterocycles. The van der Waals surface area contributed by atoms with Gasteiger partial charge < -0.3 is 9.84 Å². The maximum absolute atomic E-state index is 11.6. The van der Waals surface area contributed by atoms with Crippen molar-refractivity contribution >= 4 is 23.0 Å². The molecular formula is C12H10N2O5S. The Hall–Kier alpha value is -2.48. The number of carbonyl (C=O) groups excluding carboxylic acids is 1. The summed E-state index contributed by atoms with van der Waals surface area (Å²) in [4.78, 5) is 25.5. The van der Waals surface area contributed by atoms with E-state index < -0.39 is 16.8 Å². The Balaban J connectivity index is 2.32. The third-order valence-corrected chi connectivity index (χ3v) is 3.47. The van der Waals surface area contributed by atoms with E-state index in [2.05, 4.69) is 4.98 Å². The topological polar surface area (TPSA) is 103 Å². The van der Waals surface area contributed by atoms with Crippen molar-refractivity contribution in [1.29, 1.82) is 0 Å². The Kier molecular flexibility index (Phi) is 3.94. The van der Waals surface area contributed by atoms with Crippen LogP contribution in [0, 0.1) is 10.1 Å². The molecule has 2 aromatic rings. The molecule has 0 saturated carbocycles. The van der Waals surface area contributed by atoms with Crippen LogP contribution in [0.1, 0.15) is 16.6 Å². The van der Waals surface area contributed by atoms with Gasteiger partial charge in [-0.2, -0.15) is 0 Å². The number of aromatic hydroxyl groups is 1. The zero-order valence-electron chi connectivity index (χ0n) is 10.4. The van der Waals surface area contributed by atoms with Crippen LogP contribution >= 0.6 is 11.3 Å². The molecule has 1 aromatic carbocycles. The second kappa shape index (κ2) is 5.66. The fourth-order valence-electron chi connectivity index (χ4n) is 1.49. The van der Waals surface area contributed by atoms with Crippen molar-refractivity contribution in [1.82, 2.24) is 4.98 Å². The van der Waals surface area contributed by atoms with Crippen molar-refractivity contribution in [2.45, 2.75) is 6.92 Å². The minimum atomic E-state index is -0.643. The predicted molar refractivity (Wildman–Crippen MR) is 71.8 cm³/mol. The molecule has 104 valence electrons. The third kappa shape index (κ3) is 2.75. The summed E-state index contributed by atoms with van der Waals surface area (Å²) >= 11 is 0.969. The largest absolute Gasteiger partial charge is 0.492 e. The highest BCUT2D eigenvalue weighted by Crippen LogP contribution is 2.32. The van der Waals surface area contributed by atoms with Crippen molar-refractivity contribution in [3.05, 3.63) is 39.3 Å². The molecule has 1 aromatic heterocycles. The lowest BCUT2D eigenvalue weighted by atomic mass is 10.2. The van der Waals surface area contributed by atoms with Gasteiger partial charge in [0.25, 0.3) is 5.69 Å². The number of hydrogen-bond donors (Lipinski definition) is 1.